The number of anilines is 1. The van der Waals surface area contributed by atoms with Crippen molar-refractivity contribution < 1.29 is 4.79 Å². The smallest absolute Gasteiger partial charge is 0.251 e. The van der Waals surface area contributed by atoms with Crippen molar-refractivity contribution in [3.05, 3.63) is 59.7 Å². The Morgan fingerprint density at radius 1 is 1.15 bits per heavy atom. The van der Waals surface area contributed by atoms with E-state index >= 15 is 0 Å². The summed E-state index contributed by atoms with van der Waals surface area (Å²) in [6.45, 7) is 0. The first-order valence-electron chi connectivity index (χ1n) is 6.58. The third-order valence-electron chi connectivity index (χ3n) is 3.41. The monoisotopic (exact) mass is 284 g/mol. The van der Waals surface area contributed by atoms with Gasteiger partial charge in [0.2, 0.25) is 0 Å². The lowest BCUT2D eigenvalue weighted by Gasteiger charge is -2.15. The van der Waals surface area contributed by atoms with Gasteiger partial charge in [0.05, 0.1) is 6.04 Å². The van der Waals surface area contributed by atoms with Crippen LogP contribution in [-0.4, -0.2) is 18.7 Å². The third kappa shape index (κ3) is 2.51. The minimum absolute atomic E-state index is 0.0571. The van der Waals surface area contributed by atoms with Crippen molar-refractivity contribution in [1.29, 1.82) is 0 Å². The van der Waals surface area contributed by atoms with Crippen LogP contribution < -0.4 is 10.6 Å². The summed E-state index contributed by atoms with van der Waals surface area (Å²) < 4.78 is 0. The molecule has 1 unspecified atom stereocenters. The third-order valence-corrected chi connectivity index (χ3v) is 4.60. The van der Waals surface area contributed by atoms with E-state index < -0.39 is 0 Å². The molecule has 1 aliphatic heterocycles. The summed E-state index contributed by atoms with van der Waals surface area (Å²) in [5.41, 5.74) is 3.08. The minimum atomic E-state index is -0.0571. The number of rotatable bonds is 3. The van der Waals surface area contributed by atoms with Gasteiger partial charge >= 0.3 is 0 Å². The average Bonchev–Trinajstić information content (AvgIpc) is 2.91. The van der Waals surface area contributed by atoms with Gasteiger partial charge < -0.3 is 10.6 Å². The van der Waals surface area contributed by atoms with Gasteiger partial charge in [0.15, 0.2) is 0 Å². The van der Waals surface area contributed by atoms with E-state index in [1.54, 1.807) is 7.05 Å². The number of carbonyl (C=O) groups excluding carboxylic acids is 1. The Morgan fingerprint density at radius 3 is 2.65 bits per heavy atom. The first-order chi connectivity index (χ1) is 9.78. The Morgan fingerprint density at radius 2 is 1.90 bits per heavy atom. The molecule has 1 heterocycles. The van der Waals surface area contributed by atoms with Crippen LogP contribution in [0.4, 0.5) is 5.69 Å². The Balaban J connectivity index is 1.75. The highest BCUT2D eigenvalue weighted by molar-refractivity contribution is 7.99. The van der Waals surface area contributed by atoms with E-state index in [4.69, 9.17) is 0 Å². The molecule has 0 bridgehead atoms. The van der Waals surface area contributed by atoms with Crippen LogP contribution in [-0.2, 0) is 0 Å². The lowest BCUT2D eigenvalue weighted by molar-refractivity contribution is 0.0963. The van der Waals surface area contributed by atoms with Crippen molar-refractivity contribution in [2.45, 2.75) is 10.9 Å². The number of carbonyl (C=O) groups is 1. The molecule has 2 aromatic carbocycles. The van der Waals surface area contributed by atoms with E-state index in [9.17, 15) is 4.79 Å². The van der Waals surface area contributed by atoms with Crippen LogP contribution in [0.2, 0.25) is 0 Å². The predicted molar refractivity (Wildman–Crippen MR) is 83.4 cm³/mol. The van der Waals surface area contributed by atoms with Gasteiger partial charge in [-0.1, -0.05) is 18.2 Å². The van der Waals surface area contributed by atoms with E-state index in [0.717, 1.165) is 11.4 Å². The first-order valence-corrected chi connectivity index (χ1v) is 7.57. The van der Waals surface area contributed by atoms with Gasteiger partial charge in [0.25, 0.3) is 5.91 Å². The van der Waals surface area contributed by atoms with Crippen LogP contribution in [0.15, 0.2) is 53.4 Å². The number of hydrogen-bond donors (Lipinski definition) is 2. The quantitative estimate of drug-likeness (QED) is 0.908. The van der Waals surface area contributed by atoms with Crippen molar-refractivity contribution in [1.82, 2.24) is 5.32 Å². The Bertz CT molecular complexity index is 625. The van der Waals surface area contributed by atoms with Gasteiger partial charge in [0.1, 0.15) is 0 Å². The summed E-state index contributed by atoms with van der Waals surface area (Å²) in [6, 6.07) is 16.4. The zero-order valence-electron chi connectivity index (χ0n) is 11.2. The number of amides is 1. The maximum atomic E-state index is 11.5. The highest BCUT2D eigenvalue weighted by atomic mass is 32.2. The van der Waals surface area contributed by atoms with E-state index in [-0.39, 0.29) is 5.91 Å². The van der Waals surface area contributed by atoms with E-state index in [1.165, 1.54) is 10.5 Å². The molecule has 0 saturated heterocycles. The summed E-state index contributed by atoms with van der Waals surface area (Å²) in [7, 11) is 1.64. The molecular weight excluding hydrogens is 268 g/mol. The van der Waals surface area contributed by atoms with Gasteiger partial charge in [-0.2, -0.15) is 0 Å². The molecule has 1 aliphatic rings. The molecule has 0 aliphatic carbocycles. The van der Waals surface area contributed by atoms with E-state index in [1.807, 2.05) is 36.0 Å². The summed E-state index contributed by atoms with van der Waals surface area (Å²) in [4.78, 5) is 12.9. The molecule has 0 aromatic heterocycles. The van der Waals surface area contributed by atoms with Crippen LogP contribution >= 0.6 is 11.8 Å². The van der Waals surface area contributed by atoms with Gasteiger partial charge in [0, 0.05) is 28.9 Å². The number of benzene rings is 2. The van der Waals surface area contributed by atoms with Gasteiger partial charge in [-0.3, -0.25) is 4.79 Å². The molecule has 2 aromatic rings. The standard InChI is InChI=1S/C16H16N2OS/c1-17-16(19)11-6-8-12(9-7-11)18-14-10-20-15-5-3-2-4-13(14)15/h2-9,14,18H,10H2,1H3,(H,17,19). The molecule has 20 heavy (non-hydrogen) atoms. The molecular formula is C16H16N2OS. The van der Waals surface area contributed by atoms with Crippen LogP contribution in [0, 0.1) is 0 Å². The fourth-order valence-corrected chi connectivity index (χ4v) is 3.51. The van der Waals surface area contributed by atoms with Gasteiger partial charge in [-0.25, -0.2) is 0 Å². The fraction of sp³-hybridized carbons (Fsp3) is 0.188. The topological polar surface area (TPSA) is 41.1 Å². The molecule has 4 heteroatoms. The normalized spacial score (nSPS) is 16.6. The number of nitrogens with one attached hydrogen (secondary N) is 2. The maximum absolute atomic E-state index is 11.5. The van der Waals surface area contributed by atoms with Crippen molar-refractivity contribution in [3.63, 3.8) is 0 Å². The second kappa shape index (κ2) is 5.59. The molecule has 1 atom stereocenters. The maximum Gasteiger partial charge on any atom is 0.251 e. The lowest BCUT2D eigenvalue weighted by Crippen LogP contribution is -2.17. The highest BCUT2D eigenvalue weighted by Gasteiger charge is 2.22. The SMILES string of the molecule is CNC(=O)c1ccc(NC2CSc3ccccc32)cc1. The predicted octanol–water partition coefficient (Wildman–Crippen LogP) is 3.31. The second-order valence-corrected chi connectivity index (χ2v) is 5.76. The Labute approximate surface area is 122 Å². The van der Waals surface area contributed by atoms with Gasteiger partial charge in [-0.15, -0.1) is 11.8 Å². The van der Waals surface area contributed by atoms with E-state index in [0.29, 0.717) is 11.6 Å². The number of fused-ring (bicyclic) bond motifs is 1. The molecule has 0 saturated carbocycles. The number of hydrogen-bond acceptors (Lipinski definition) is 3. The van der Waals surface area contributed by atoms with Crippen LogP contribution in [0.5, 0.6) is 0 Å². The zero-order valence-corrected chi connectivity index (χ0v) is 12.0. The minimum Gasteiger partial charge on any atom is -0.377 e. The fourth-order valence-electron chi connectivity index (χ4n) is 2.35. The van der Waals surface area contributed by atoms with Gasteiger partial charge in [-0.05, 0) is 35.9 Å². The largest absolute Gasteiger partial charge is 0.377 e. The molecule has 0 fully saturated rings. The molecule has 3 rings (SSSR count). The Hall–Kier alpha value is -1.94. The van der Waals surface area contributed by atoms with Crippen LogP contribution in [0.1, 0.15) is 22.0 Å². The Kier molecular flexibility index (Phi) is 3.65. The van der Waals surface area contributed by atoms with Crippen LogP contribution in [0.25, 0.3) is 0 Å². The number of thioether (sulfide) groups is 1. The highest BCUT2D eigenvalue weighted by Crippen LogP contribution is 2.39. The molecule has 2 N–H and O–H groups in total. The average molecular weight is 284 g/mol. The van der Waals surface area contributed by atoms with Crippen molar-refractivity contribution in [3.8, 4) is 0 Å². The zero-order chi connectivity index (χ0) is 13.9. The lowest BCUT2D eigenvalue weighted by atomic mass is 10.1. The van der Waals surface area contributed by atoms with Crippen LogP contribution in [0.3, 0.4) is 0 Å². The summed E-state index contributed by atoms with van der Waals surface area (Å²) in [5, 5.41) is 6.15. The summed E-state index contributed by atoms with van der Waals surface area (Å²) >= 11 is 1.88. The summed E-state index contributed by atoms with van der Waals surface area (Å²) in [5.74, 6) is 0.981. The molecule has 102 valence electrons. The molecule has 3 nitrogen and oxygen atoms in total. The van der Waals surface area contributed by atoms with Crippen molar-refractivity contribution in [2.24, 2.45) is 0 Å². The second-order valence-electron chi connectivity index (χ2n) is 4.70. The van der Waals surface area contributed by atoms with Crippen molar-refractivity contribution in [2.75, 3.05) is 18.1 Å². The van der Waals surface area contributed by atoms with Crippen molar-refractivity contribution >= 4 is 23.4 Å². The van der Waals surface area contributed by atoms with E-state index in [2.05, 4.69) is 34.9 Å². The summed E-state index contributed by atoms with van der Waals surface area (Å²) in [6.07, 6.45) is 0. The first kappa shape index (κ1) is 13.1. The molecule has 0 radical (unpaired) electrons. The molecule has 0 spiro atoms. The molecule has 1 amide bonds.